The molecule has 1 N–H and O–H groups in total. The number of hydrogen-bond donors (Lipinski definition) is 1. The summed E-state index contributed by atoms with van der Waals surface area (Å²) in [7, 11) is 1.98. The normalized spacial score (nSPS) is 17.7. The Balaban J connectivity index is 1.67. The number of carbonyl (C=O) groups is 1. The Morgan fingerprint density at radius 2 is 1.94 bits per heavy atom. The number of anilines is 1. The molecule has 1 fully saturated rings. The zero-order valence-electron chi connectivity index (χ0n) is 21.7. The number of amides is 1. The van der Waals surface area contributed by atoms with Gasteiger partial charge in [-0.2, -0.15) is 0 Å². The van der Waals surface area contributed by atoms with Crippen LogP contribution in [0.25, 0.3) is 22.2 Å². The molecule has 1 amide bonds. The molecular formula is C29H35N4O3+. The van der Waals surface area contributed by atoms with E-state index in [1.54, 1.807) is 0 Å². The number of rotatable bonds is 7. The fourth-order valence-corrected chi connectivity index (χ4v) is 5.20. The van der Waals surface area contributed by atoms with E-state index in [1.807, 2.05) is 44.6 Å². The van der Waals surface area contributed by atoms with E-state index in [9.17, 15) is 4.79 Å². The van der Waals surface area contributed by atoms with E-state index in [1.165, 1.54) is 34.2 Å². The van der Waals surface area contributed by atoms with Gasteiger partial charge in [-0.1, -0.05) is 16.8 Å². The maximum atomic E-state index is 12.1. The molecule has 2 aliphatic rings. The highest BCUT2D eigenvalue weighted by molar-refractivity contribution is 5.94. The first-order chi connectivity index (χ1) is 17.4. The van der Waals surface area contributed by atoms with Crippen LogP contribution in [0, 0.1) is 0 Å². The Bertz CT molecular complexity index is 1350. The molecule has 2 heterocycles. The van der Waals surface area contributed by atoms with Crippen LogP contribution in [0.3, 0.4) is 0 Å². The highest BCUT2D eigenvalue weighted by Gasteiger charge is 2.35. The van der Waals surface area contributed by atoms with E-state index in [2.05, 4.69) is 53.3 Å². The third-order valence-corrected chi connectivity index (χ3v) is 6.91. The molecule has 2 aromatic carbocycles. The topological polar surface area (TPSA) is 67.9 Å². The molecule has 3 aromatic rings. The van der Waals surface area contributed by atoms with Crippen LogP contribution in [0.4, 0.5) is 10.5 Å². The van der Waals surface area contributed by atoms with Crippen molar-refractivity contribution in [2.45, 2.75) is 65.1 Å². The predicted octanol–water partition coefficient (Wildman–Crippen LogP) is 7.44. The van der Waals surface area contributed by atoms with Crippen LogP contribution in [0.15, 0.2) is 59.4 Å². The third kappa shape index (κ3) is 4.50. The van der Waals surface area contributed by atoms with Crippen molar-refractivity contribution in [1.82, 2.24) is 4.57 Å². The van der Waals surface area contributed by atoms with Crippen LogP contribution >= 0.6 is 0 Å². The molecule has 0 spiro atoms. The van der Waals surface area contributed by atoms with Crippen LogP contribution in [-0.4, -0.2) is 35.1 Å². The maximum absolute atomic E-state index is 12.1. The molecule has 1 unspecified atom stereocenters. The van der Waals surface area contributed by atoms with Crippen LogP contribution in [0.1, 0.15) is 64.6 Å². The highest BCUT2D eigenvalue weighted by atomic mass is 16.6. The van der Waals surface area contributed by atoms with E-state index in [0.717, 1.165) is 24.2 Å². The average Bonchev–Trinajstić information content (AvgIpc) is 3.28. The Morgan fingerprint density at radius 3 is 2.53 bits per heavy atom. The Hall–Kier alpha value is -3.61. The lowest BCUT2D eigenvalue weighted by atomic mass is 9.91. The highest BCUT2D eigenvalue weighted by Crippen LogP contribution is 2.48. The first-order valence-electron chi connectivity index (χ1n) is 12.9. The molecule has 1 atom stereocenters. The van der Waals surface area contributed by atoms with Crippen molar-refractivity contribution in [3.05, 3.63) is 59.8 Å². The summed E-state index contributed by atoms with van der Waals surface area (Å²) in [6.45, 7) is 8.47. The summed E-state index contributed by atoms with van der Waals surface area (Å²) >= 11 is 0. The van der Waals surface area contributed by atoms with Crippen molar-refractivity contribution in [2.75, 3.05) is 19.0 Å². The van der Waals surface area contributed by atoms with Crippen molar-refractivity contribution in [2.24, 2.45) is 5.11 Å². The fraction of sp³-hybridized carbons (Fsp3) is 0.414. The zero-order valence-corrected chi connectivity index (χ0v) is 21.7. The lowest BCUT2D eigenvalue weighted by molar-refractivity contribution is -0.494. The number of nitrogens with zero attached hydrogens (tertiary/aromatic N) is 3. The molecule has 1 aliphatic carbocycles. The summed E-state index contributed by atoms with van der Waals surface area (Å²) in [4.78, 5) is 12.1. The third-order valence-electron chi connectivity index (χ3n) is 6.91. The summed E-state index contributed by atoms with van der Waals surface area (Å²) < 4.78 is 15.5. The first kappa shape index (κ1) is 24.1. The van der Waals surface area contributed by atoms with Crippen molar-refractivity contribution in [3.8, 4) is 17.0 Å². The quantitative estimate of drug-likeness (QED) is 0.352. The number of ether oxygens (including phenoxy) is 2. The van der Waals surface area contributed by atoms with Gasteiger partial charge in [-0.15, -0.1) is 0 Å². The van der Waals surface area contributed by atoms with E-state index in [0.29, 0.717) is 18.3 Å². The Morgan fingerprint density at radius 1 is 1.19 bits per heavy atom. The lowest BCUT2D eigenvalue weighted by Gasteiger charge is -2.30. The van der Waals surface area contributed by atoms with Gasteiger partial charge in [-0.3, -0.25) is 5.32 Å². The minimum atomic E-state index is -0.445. The monoisotopic (exact) mass is 487 g/mol. The number of benzene rings is 2. The van der Waals surface area contributed by atoms with Gasteiger partial charge in [0.25, 0.3) is 0 Å². The largest absolute Gasteiger partial charge is 0.494 e. The lowest BCUT2D eigenvalue weighted by Crippen LogP contribution is -2.18. The molecule has 1 aromatic heterocycles. The minimum Gasteiger partial charge on any atom is -0.494 e. The van der Waals surface area contributed by atoms with Gasteiger partial charge in [0.05, 0.1) is 23.9 Å². The summed E-state index contributed by atoms with van der Waals surface area (Å²) in [5.74, 6) is 0.886. The predicted molar refractivity (Wildman–Crippen MR) is 142 cm³/mol. The average molecular weight is 488 g/mol. The standard InChI is InChI=1S/C29H34N4O3/c1-6-35-23-14-15-24-25(16-23)33(22-8-7-9-22)28(26(24)27-19(4)17-32(5)31-27)20-10-12-21(13-11-20)30-29(34)36-18(2)3/h10-18,22,27H,6-9H2,1-5H3/p+1. The fourth-order valence-electron chi connectivity index (χ4n) is 5.20. The van der Waals surface area contributed by atoms with Crippen LogP contribution in [-0.2, 0) is 4.74 Å². The second-order valence-electron chi connectivity index (χ2n) is 9.95. The molecule has 1 saturated carbocycles. The molecule has 5 rings (SSSR count). The number of carbonyl (C=O) groups excluding carboxylic acids is 1. The van der Waals surface area contributed by atoms with Gasteiger partial charge in [0.15, 0.2) is 19.3 Å². The smallest absolute Gasteiger partial charge is 0.411 e. The molecule has 1 aliphatic heterocycles. The first-order valence-corrected chi connectivity index (χ1v) is 12.9. The second kappa shape index (κ2) is 9.80. The molecule has 0 bridgehead atoms. The summed E-state index contributed by atoms with van der Waals surface area (Å²) in [5.41, 5.74) is 6.63. The molecule has 0 saturated heterocycles. The number of aromatic nitrogens is 1. The number of nitrogens with one attached hydrogen (secondary N) is 1. The summed E-state index contributed by atoms with van der Waals surface area (Å²) in [6.07, 6.45) is 5.04. The number of fused-ring (bicyclic) bond motifs is 1. The van der Waals surface area contributed by atoms with E-state index >= 15 is 0 Å². The Labute approximate surface area is 212 Å². The second-order valence-corrected chi connectivity index (χ2v) is 9.95. The van der Waals surface area contributed by atoms with Gasteiger partial charge in [0.1, 0.15) is 5.75 Å². The SMILES string of the molecule is CCOc1ccc2c(C3N=[N+](C)C=C3C)c(-c3ccc(NC(=O)OC(C)C)cc3)n(C3CCC3)c2c1. The Kier molecular flexibility index (Phi) is 6.56. The van der Waals surface area contributed by atoms with Gasteiger partial charge < -0.3 is 14.0 Å². The van der Waals surface area contributed by atoms with Crippen LogP contribution < -0.4 is 10.1 Å². The molecule has 0 radical (unpaired) electrons. The van der Waals surface area contributed by atoms with Gasteiger partial charge >= 0.3 is 6.09 Å². The van der Waals surface area contributed by atoms with Gasteiger partial charge in [-0.25, -0.2) is 4.79 Å². The molecule has 36 heavy (non-hydrogen) atoms. The van der Waals surface area contributed by atoms with E-state index in [4.69, 9.17) is 14.6 Å². The zero-order chi connectivity index (χ0) is 25.4. The molecule has 188 valence electrons. The van der Waals surface area contributed by atoms with E-state index < -0.39 is 6.09 Å². The molecule has 7 heteroatoms. The van der Waals surface area contributed by atoms with Crippen LogP contribution in [0.2, 0.25) is 0 Å². The molecular weight excluding hydrogens is 452 g/mol. The van der Waals surface area contributed by atoms with Crippen molar-refractivity contribution >= 4 is 22.7 Å². The maximum Gasteiger partial charge on any atom is 0.411 e. The van der Waals surface area contributed by atoms with Crippen molar-refractivity contribution in [1.29, 1.82) is 0 Å². The van der Waals surface area contributed by atoms with E-state index in [-0.39, 0.29) is 12.1 Å². The van der Waals surface area contributed by atoms with Crippen molar-refractivity contribution in [3.63, 3.8) is 0 Å². The number of azo groups is 2. The summed E-state index contributed by atoms with van der Waals surface area (Å²) in [6, 6.07) is 14.9. The van der Waals surface area contributed by atoms with Gasteiger partial charge in [0.2, 0.25) is 0 Å². The summed E-state index contributed by atoms with van der Waals surface area (Å²) in [5, 5.41) is 8.99. The van der Waals surface area contributed by atoms with Crippen LogP contribution in [0.5, 0.6) is 5.75 Å². The van der Waals surface area contributed by atoms with Gasteiger partial charge in [-0.05, 0) is 81.9 Å². The van der Waals surface area contributed by atoms with Gasteiger partial charge in [0, 0.05) is 34.3 Å². The van der Waals surface area contributed by atoms with Crippen molar-refractivity contribution < 1.29 is 19.0 Å². The molecule has 7 nitrogen and oxygen atoms in total. The minimum absolute atomic E-state index is 0.0504. The number of hydrogen-bond acceptors (Lipinski definition) is 4.